The van der Waals surface area contributed by atoms with Crippen LogP contribution in [0.15, 0.2) is 24.3 Å². The molecule has 0 aliphatic carbocycles. The summed E-state index contributed by atoms with van der Waals surface area (Å²) < 4.78 is 0. The number of carboxylic acids is 1. The number of nitrogens with two attached hydrogens (primary N) is 1. The molecular weight excluding hydrogens is 262 g/mol. The van der Waals surface area contributed by atoms with Crippen molar-refractivity contribution >= 4 is 5.97 Å². The number of unbranched alkanes of at least 4 members (excludes halogenated alkanes) is 1. The zero-order valence-electron chi connectivity index (χ0n) is 13.6. The molecule has 2 unspecified atom stereocenters. The van der Waals surface area contributed by atoms with Crippen LogP contribution in [-0.2, 0) is 10.2 Å². The molecule has 0 bridgehead atoms. The van der Waals surface area contributed by atoms with Crippen molar-refractivity contribution in [1.82, 2.24) is 0 Å². The third-order valence-electron chi connectivity index (χ3n) is 4.54. The quantitative estimate of drug-likeness (QED) is 0.725. The van der Waals surface area contributed by atoms with E-state index in [2.05, 4.69) is 13.8 Å². The van der Waals surface area contributed by atoms with Crippen molar-refractivity contribution in [1.29, 1.82) is 0 Å². The van der Waals surface area contributed by atoms with Gasteiger partial charge in [-0.1, -0.05) is 69.4 Å². The Bertz CT molecular complexity index is 441. The molecule has 0 radical (unpaired) electrons. The second-order valence-corrected chi connectivity index (χ2v) is 6.08. The van der Waals surface area contributed by atoms with E-state index in [4.69, 9.17) is 5.73 Å². The van der Waals surface area contributed by atoms with Gasteiger partial charge in [-0.25, -0.2) is 0 Å². The number of aliphatic carboxylic acids is 1. The highest BCUT2D eigenvalue weighted by Gasteiger charge is 2.40. The monoisotopic (exact) mass is 291 g/mol. The van der Waals surface area contributed by atoms with E-state index in [1.54, 1.807) is 0 Å². The number of rotatable bonds is 9. The first-order chi connectivity index (χ1) is 10.00. The first kappa shape index (κ1) is 17.7. The van der Waals surface area contributed by atoms with Crippen LogP contribution in [0.2, 0.25) is 0 Å². The molecule has 1 aromatic carbocycles. The van der Waals surface area contributed by atoms with Crippen molar-refractivity contribution in [3.63, 3.8) is 0 Å². The lowest BCUT2D eigenvalue weighted by Crippen LogP contribution is -2.44. The Labute approximate surface area is 128 Å². The molecule has 118 valence electrons. The average Bonchev–Trinajstić information content (AvgIpc) is 2.49. The van der Waals surface area contributed by atoms with Crippen molar-refractivity contribution in [2.24, 2.45) is 11.7 Å². The van der Waals surface area contributed by atoms with Crippen molar-refractivity contribution in [3.8, 4) is 0 Å². The summed E-state index contributed by atoms with van der Waals surface area (Å²) in [6, 6.07) is 7.77. The Hall–Kier alpha value is -1.35. The van der Waals surface area contributed by atoms with Crippen LogP contribution in [0.3, 0.4) is 0 Å². The minimum absolute atomic E-state index is 0.147. The summed E-state index contributed by atoms with van der Waals surface area (Å²) in [5.41, 5.74) is 6.94. The van der Waals surface area contributed by atoms with E-state index in [0.29, 0.717) is 12.3 Å². The van der Waals surface area contributed by atoms with E-state index in [9.17, 15) is 9.90 Å². The van der Waals surface area contributed by atoms with Gasteiger partial charge in [-0.3, -0.25) is 4.79 Å². The van der Waals surface area contributed by atoms with Crippen LogP contribution in [0.1, 0.15) is 57.1 Å². The van der Waals surface area contributed by atoms with Crippen LogP contribution in [0.25, 0.3) is 0 Å². The fourth-order valence-electron chi connectivity index (χ4n) is 2.93. The molecule has 3 N–H and O–H groups in total. The van der Waals surface area contributed by atoms with Gasteiger partial charge in [0.05, 0.1) is 0 Å². The van der Waals surface area contributed by atoms with Crippen LogP contribution in [-0.4, -0.2) is 17.6 Å². The fourth-order valence-corrected chi connectivity index (χ4v) is 2.93. The number of carboxylic acid groups (broad SMARTS) is 1. The largest absolute Gasteiger partial charge is 0.481 e. The predicted molar refractivity (Wildman–Crippen MR) is 87.5 cm³/mol. The lowest BCUT2D eigenvalue weighted by atomic mass is 9.72. The maximum absolute atomic E-state index is 12.0. The van der Waals surface area contributed by atoms with Crippen molar-refractivity contribution in [2.75, 3.05) is 6.54 Å². The van der Waals surface area contributed by atoms with E-state index in [1.165, 1.54) is 0 Å². The van der Waals surface area contributed by atoms with E-state index in [-0.39, 0.29) is 6.54 Å². The topological polar surface area (TPSA) is 63.3 Å². The maximum atomic E-state index is 12.0. The second-order valence-electron chi connectivity index (χ2n) is 6.08. The Morgan fingerprint density at radius 1 is 1.29 bits per heavy atom. The molecule has 1 rings (SSSR count). The van der Waals surface area contributed by atoms with E-state index >= 15 is 0 Å². The van der Waals surface area contributed by atoms with Gasteiger partial charge in [0.15, 0.2) is 0 Å². The van der Waals surface area contributed by atoms with Crippen molar-refractivity contribution < 1.29 is 9.90 Å². The molecule has 0 fully saturated rings. The van der Waals surface area contributed by atoms with E-state index < -0.39 is 11.4 Å². The molecule has 0 amide bonds. The van der Waals surface area contributed by atoms with Gasteiger partial charge in [-0.15, -0.1) is 0 Å². The molecule has 1 aromatic rings. The smallest absolute Gasteiger partial charge is 0.315 e. The summed E-state index contributed by atoms with van der Waals surface area (Å²) >= 11 is 0. The zero-order valence-corrected chi connectivity index (χ0v) is 13.6. The number of aryl methyl sites for hydroxylation is 1. The molecule has 0 saturated carbocycles. The number of hydrogen-bond donors (Lipinski definition) is 2. The summed E-state index contributed by atoms with van der Waals surface area (Å²) in [4.78, 5) is 12.0. The Balaban J connectivity index is 3.08. The normalized spacial score (nSPS) is 15.4. The highest BCUT2D eigenvalue weighted by Crippen LogP contribution is 2.34. The van der Waals surface area contributed by atoms with Crippen LogP contribution in [0.5, 0.6) is 0 Å². The van der Waals surface area contributed by atoms with Gasteiger partial charge in [-0.05, 0) is 24.8 Å². The Kier molecular flexibility index (Phi) is 6.90. The molecule has 0 aliphatic rings. The van der Waals surface area contributed by atoms with Crippen LogP contribution in [0, 0.1) is 12.8 Å². The summed E-state index contributed by atoms with van der Waals surface area (Å²) in [5, 5.41) is 9.84. The van der Waals surface area contributed by atoms with Crippen LogP contribution < -0.4 is 5.73 Å². The van der Waals surface area contributed by atoms with Gasteiger partial charge < -0.3 is 10.8 Å². The SMILES string of the molecule is CCCCC(CC)CC(CN)(C(=O)O)c1ccc(C)cc1. The van der Waals surface area contributed by atoms with Gasteiger partial charge in [-0.2, -0.15) is 0 Å². The minimum atomic E-state index is -0.956. The number of benzene rings is 1. The van der Waals surface area contributed by atoms with Crippen LogP contribution in [0.4, 0.5) is 0 Å². The highest BCUT2D eigenvalue weighted by atomic mass is 16.4. The molecule has 0 spiro atoms. The van der Waals surface area contributed by atoms with E-state index in [1.807, 2.05) is 31.2 Å². The lowest BCUT2D eigenvalue weighted by Gasteiger charge is -2.32. The van der Waals surface area contributed by atoms with Crippen molar-refractivity contribution in [3.05, 3.63) is 35.4 Å². The minimum Gasteiger partial charge on any atom is -0.481 e. The summed E-state index contributed by atoms with van der Waals surface area (Å²) in [5.74, 6) is -0.394. The average molecular weight is 291 g/mol. The van der Waals surface area contributed by atoms with Gasteiger partial charge in [0, 0.05) is 6.54 Å². The molecule has 0 aromatic heterocycles. The Morgan fingerprint density at radius 2 is 1.90 bits per heavy atom. The third-order valence-corrected chi connectivity index (χ3v) is 4.54. The van der Waals surface area contributed by atoms with E-state index in [0.717, 1.165) is 36.8 Å². The summed E-state index contributed by atoms with van der Waals surface area (Å²) in [7, 11) is 0. The highest BCUT2D eigenvalue weighted by molar-refractivity contribution is 5.81. The zero-order chi connectivity index (χ0) is 15.9. The maximum Gasteiger partial charge on any atom is 0.315 e. The van der Waals surface area contributed by atoms with Crippen LogP contribution >= 0.6 is 0 Å². The standard InChI is InChI=1S/C18H29NO2/c1-4-6-7-15(5-2)12-18(13-19,17(20)21)16-10-8-14(3)9-11-16/h8-11,15H,4-7,12-13,19H2,1-3H3,(H,20,21). The molecule has 0 heterocycles. The van der Waals surface area contributed by atoms with Gasteiger partial charge in [0.2, 0.25) is 0 Å². The molecule has 21 heavy (non-hydrogen) atoms. The van der Waals surface area contributed by atoms with Gasteiger partial charge in [0.1, 0.15) is 5.41 Å². The van der Waals surface area contributed by atoms with Gasteiger partial charge in [0.25, 0.3) is 0 Å². The first-order valence-electron chi connectivity index (χ1n) is 8.00. The lowest BCUT2D eigenvalue weighted by molar-refractivity contribution is -0.144. The molecule has 3 nitrogen and oxygen atoms in total. The predicted octanol–water partition coefficient (Wildman–Crippen LogP) is 3.88. The third kappa shape index (κ3) is 4.31. The summed E-state index contributed by atoms with van der Waals surface area (Å²) in [6.45, 7) is 6.46. The summed E-state index contributed by atoms with van der Waals surface area (Å²) in [6.07, 6.45) is 4.99. The molecule has 0 aliphatic heterocycles. The number of carbonyl (C=O) groups is 1. The van der Waals surface area contributed by atoms with Crippen molar-refractivity contribution in [2.45, 2.75) is 58.3 Å². The molecule has 3 heteroatoms. The second kappa shape index (κ2) is 8.18. The fraction of sp³-hybridized carbons (Fsp3) is 0.611. The molecule has 2 atom stereocenters. The number of hydrogen-bond acceptors (Lipinski definition) is 2. The first-order valence-corrected chi connectivity index (χ1v) is 8.00. The Morgan fingerprint density at radius 3 is 2.33 bits per heavy atom. The molecule has 0 saturated heterocycles. The van der Waals surface area contributed by atoms with Gasteiger partial charge >= 0.3 is 5.97 Å². The molecular formula is C18H29NO2.